The van der Waals surface area contributed by atoms with Crippen molar-refractivity contribution in [3.05, 3.63) is 29.6 Å². The lowest BCUT2D eigenvalue weighted by atomic mass is 10.2. The summed E-state index contributed by atoms with van der Waals surface area (Å²) >= 11 is 0. The summed E-state index contributed by atoms with van der Waals surface area (Å²) in [6.45, 7) is 2.42. The maximum Gasteiger partial charge on any atom is 0.182 e. The van der Waals surface area contributed by atoms with Crippen molar-refractivity contribution in [3.63, 3.8) is 0 Å². The van der Waals surface area contributed by atoms with Crippen LogP contribution in [0.3, 0.4) is 0 Å². The van der Waals surface area contributed by atoms with Gasteiger partial charge in [0.15, 0.2) is 11.6 Å². The number of nitrogens with zero attached hydrogens (tertiary/aromatic N) is 1. The zero-order valence-corrected chi connectivity index (χ0v) is 10.5. The second kappa shape index (κ2) is 6.25. The molecule has 1 fully saturated rings. The summed E-state index contributed by atoms with van der Waals surface area (Å²) in [7, 11) is 0. The minimum Gasteiger partial charge on any atom is -0.390 e. The monoisotopic (exact) mass is 274 g/mol. The van der Waals surface area contributed by atoms with Gasteiger partial charge in [0.1, 0.15) is 5.82 Å². The minimum atomic E-state index is -1.24. The highest BCUT2D eigenvalue weighted by molar-refractivity contribution is 5.45. The first-order valence-corrected chi connectivity index (χ1v) is 6.35. The quantitative estimate of drug-likeness (QED) is 0.806. The Morgan fingerprint density at radius 2 is 1.89 bits per heavy atom. The highest BCUT2D eigenvalue weighted by atomic mass is 19.2. The van der Waals surface area contributed by atoms with E-state index in [0.29, 0.717) is 12.6 Å². The van der Waals surface area contributed by atoms with E-state index in [1.807, 2.05) is 0 Å². The van der Waals surface area contributed by atoms with Crippen LogP contribution >= 0.6 is 0 Å². The van der Waals surface area contributed by atoms with E-state index in [1.54, 1.807) is 0 Å². The molecule has 2 rings (SSSR count). The van der Waals surface area contributed by atoms with Crippen molar-refractivity contribution < 1.29 is 18.3 Å². The van der Waals surface area contributed by atoms with Gasteiger partial charge in [-0.2, -0.15) is 0 Å². The van der Waals surface area contributed by atoms with Gasteiger partial charge < -0.3 is 15.3 Å². The molecular formula is C13H17F3N2O. The predicted octanol–water partition coefficient (Wildman–Crippen LogP) is 1.97. The van der Waals surface area contributed by atoms with Crippen LogP contribution in [-0.2, 0) is 0 Å². The molecule has 1 unspecified atom stereocenters. The van der Waals surface area contributed by atoms with Crippen molar-refractivity contribution in [2.75, 3.05) is 31.5 Å². The molecule has 3 nitrogen and oxygen atoms in total. The van der Waals surface area contributed by atoms with Crippen molar-refractivity contribution >= 4 is 5.69 Å². The first-order valence-electron chi connectivity index (χ1n) is 6.35. The van der Waals surface area contributed by atoms with Crippen LogP contribution in [0.4, 0.5) is 18.9 Å². The van der Waals surface area contributed by atoms with E-state index >= 15 is 0 Å². The zero-order chi connectivity index (χ0) is 13.8. The molecule has 1 heterocycles. The molecule has 1 atom stereocenters. The van der Waals surface area contributed by atoms with Crippen molar-refractivity contribution in [1.29, 1.82) is 0 Å². The molecule has 6 heteroatoms. The SMILES string of the molecule is OC(CNc1cc(F)cc(F)c1F)CN1CCCC1. The molecule has 1 aromatic rings. The number of benzene rings is 1. The summed E-state index contributed by atoms with van der Waals surface area (Å²) in [6.07, 6.45) is 1.53. The maximum absolute atomic E-state index is 13.3. The third-order valence-electron chi connectivity index (χ3n) is 3.19. The lowest BCUT2D eigenvalue weighted by Gasteiger charge is -2.20. The fourth-order valence-electron chi connectivity index (χ4n) is 2.24. The molecule has 0 saturated carbocycles. The average molecular weight is 274 g/mol. The molecule has 106 valence electrons. The molecule has 2 N–H and O–H groups in total. The van der Waals surface area contributed by atoms with Crippen molar-refractivity contribution in [3.8, 4) is 0 Å². The van der Waals surface area contributed by atoms with Gasteiger partial charge >= 0.3 is 0 Å². The first kappa shape index (κ1) is 14.1. The van der Waals surface area contributed by atoms with Crippen LogP contribution in [-0.4, -0.2) is 42.3 Å². The van der Waals surface area contributed by atoms with Gasteiger partial charge in [-0.05, 0) is 25.9 Å². The average Bonchev–Trinajstić information content (AvgIpc) is 2.84. The van der Waals surface area contributed by atoms with Gasteiger partial charge in [-0.15, -0.1) is 0 Å². The van der Waals surface area contributed by atoms with Gasteiger partial charge in [-0.3, -0.25) is 0 Å². The fourth-order valence-corrected chi connectivity index (χ4v) is 2.24. The molecule has 1 saturated heterocycles. The van der Waals surface area contributed by atoms with Gasteiger partial charge in [0.25, 0.3) is 0 Å². The van der Waals surface area contributed by atoms with Crippen LogP contribution in [0.5, 0.6) is 0 Å². The first-order chi connectivity index (χ1) is 9.06. The van der Waals surface area contributed by atoms with Crippen LogP contribution in [0.1, 0.15) is 12.8 Å². The van der Waals surface area contributed by atoms with Gasteiger partial charge in [0.2, 0.25) is 0 Å². The van der Waals surface area contributed by atoms with Crippen LogP contribution in [0.2, 0.25) is 0 Å². The van der Waals surface area contributed by atoms with Crippen LogP contribution in [0.25, 0.3) is 0 Å². The Morgan fingerprint density at radius 1 is 1.21 bits per heavy atom. The molecule has 1 aromatic carbocycles. The normalized spacial score (nSPS) is 17.7. The van der Waals surface area contributed by atoms with E-state index in [2.05, 4.69) is 10.2 Å². The van der Waals surface area contributed by atoms with E-state index in [-0.39, 0.29) is 12.2 Å². The van der Waals surface area contributed by atoms with E-state index in [4.69, 9.17) is 0 Å². The number of rotatable bonds is 5. The van der Waals surface area contributed by atoms with E-state index in [9.17, 15) is 18.3 Å². The number of hydrogen-bond acceptors (Lipinski definition) is 3. The number of aliphatic hydroxyl groups excluding tert-OH is 1. The Hall–Kier alpha value is -1.27. The Morgan fingerprint density at radius 3 is 2.58 bits per heavy atom. The summed E-state index contributed by atoms with van der Waals surface area (Å²) in [5, 5.41) is 12.3. The molecule has 1 aliphatic rings. The lowest BCUT2D eigenvalue weighted by Crippen LogP contribution is -2.34. The summed E-state index contributed by atoms with van der Waals surface area (Å²) in [5.41, 5.74) is -0.266. The molecule has 0 radical (unpaired) electrons. The fraction of sp³-hybridized carbons (Fsp3) is 0.538. The molecule has 0 bridgehead atoms. The number of β-amino-alcohol motifs (C(OH)–C–C–N with tert-alkyl or cyclic N) is 1. The Labute approximate surface area is 110 Å². The minimum absolute atomic E-state index is 0.0519. The number of likely N-dealkylation sites (tertiary alicyclic amines) is 1. The maximum atomic E-state index is 13.3. The van der Waals surface area contributed by atoms with E-state index < -0.39 is 23.6 Å². The molecule has 0 aromatic heterocycles. The van der Waals surface area contributed by atoms with E-state index in [0.717, 1.165) is 32.0 Å². The van der Waals surface area contributed by atoms with Gasteiger partial charge in [-0.25, -0.2) is 13.2 Å². The Kier molecular flexibility index (Phi) is 4.66. The number of aliphatic hydroxyl groups is 1. The van der Waals surface area contributed by atoms with Crippen molar-refractivity contribution in [2.24, 2.45) is 0 Å². The van der Waals surface area contributed by atoms with Crippen molar-refractivity contribution in [2.45, 2.75) is 18.9 Å². The zero-order valence-electron chi connectivity index (χ0n) is 10.5. The van der Waals surface area contributed by atoms with E-state index in [1.165, 1.54) is 0 Å². The Bertz CT molecular complexity index is 436. The third-order valence-corrected chi connectivity index (χ3v) is 3.19. The second-order valence-electron chi connectivity index (χ2n) is 4.79. The molecular weight excluding hydrogens is 257 g/mol. The summed E-state index contributed by atoms with van der Waals surface area (Å²) in [6, 6.07) is 1.36. The second-order valence-corrected chi connectivity index (χ2v) is 4.79. The van der Waals surface area contributed by atoms with Crippen LogP contribution in [0, 0.1) is 17.5 Å². The standard InChI is InChI=1S/C13H17F3N2O/c14-9-5-11(15)13(16)12(6-9)17-7-10(19)8-18-3-1-2-4-18/h5-6,10,17,19H,1-4,7-8H2. The summed E-state index contributed by atoms with van der Waals surface area (Å²) < 4.78 is 39.2. The van der Waals surface area contributed by atoms with Gasteiger partial charge in [-0.1, -0.05) is 0 Å². The molecule has 0 aliphatic carbocycles. The molecule has 0 amide bonds. The Balaban J connectivity index is 1.87. The number of halogens is 3. The van der Waals surface area contributed by atoms with Gasteiger partial charge in [0, 0.05) is 25.2 Å². The summed E-state index contributed by atoms with van der Waals surface area (Å²) in [4.78, 5) is 2.11. The molecule has 19 heavy (non-hydrogen) atoms. The highest BCUT2D eigenvalue weighted by Gasteiger charge is 2.17. The number of hydrogen-bond donors (Lipinski definition) is 2. The van der Waals surface area contributed by atoms with Crippen molar-refractivity contribution in [1.82, 2.24) is 4.90 Å². The topological polar surface area (TPSA) is 35.5 Å². The molecule has 1 aliphatic heterocycles. The largest absolute Gasteiger partial charge is 0.390 e. The lowest BCUT2D eigenvalue weighted by molar-refractivity contribution is 0.135. The predicted molar refractivity (Wildman–Crippen MR) is 66.5 cm³/mol. The number of nitrogens with one attached hydrogen (secondary N) is 1. The number of anilines is 1. The van der Waals surface area contributed by atoms with Crippen LogP contribution in [0.15, 0.2) is 12.1 Å². The third kappa shape index (κ3) is 3.84. The van der Waals surface area contributed by atoms with Crippen LogP contribution < -0.4 is 5.32 Å². The molecule has 0 spiro atoms. The summed E-state index contributed by atoms with van der Waals surface area (Å²) in [5.74, 6) is -3.22. The highest BCUT2D eigenvalue weighted by Crippen LogP contribution is 2.19. The van der Waals surface area contributed by atoms with Gasteiger partial charge in [0.05, 0.1) is 11.8 Å². The smallest absolute Gasteiger partial charge is 0.182 e.